The Labute approximate surface area is 143 Å². The molecule has 2 rings (SSSR count). The van der Waals surface area contributed by atoms with Crippen molar-refractivity contribution in [3.63, 3.8) is 0 Å². The highest BCUT2D eigenvalue weighted by atomic mass is 28.3. The summed E-state index contributed by atoms with van der Waals surface area (Å²) in [5.41, 5.74) is 1.60. The molecule has 6 nitrogen and oxygen atoms in total. The number of methoxy groups -OCH3 is 1. The number of fused-ring (bicyclic) bond motifs is 1. The van der Waals surface area contributed by atoms with E-state index in [-0.39, 0.29) is 6.79 Å². The lowest BCUT2D eigenvalue weighted by Crippen LogP contribution is -2.26. The second-order valence-corrected chi connectivity index (χ2v) is 12.4. The molecule has 0 radical (unpaired) electrons. The molecule has 1 aromatic carbocycles. The third kappa shape index (κ3) is 5.57. The highest BCUT2D eigenvalue weighted by Crippen LogP contribution is 2.25. The molecule has 0 aliphatic carbocycles. The van der Waals surface area contributed by atoms with Crippen LogP contribution in [0.1, 0.15) is 5.56 Å². The SMILES string of the molecule is COc1ccc2c(CNC(=O)OCOCC[Si](C)(C)C)coc2c1. The largest absolute Gasteiger partial charge is 0.497 e. The molecule has 1 aromatic heterocycles. The van der Waals surface area contributed by atoms with E-state index in [1.54, 1.807) is 13.4 Å². The van der Waals surface area contributed by atoms with Crippen molar-refractivity contribution in [2.24, 2.45) is 0 Å². The molecular weight excluding hydrogens is 326 g/mol. The number of rotatable bonds is 8. The average molecular weight is 351 g/mol. The van der Waals surface area contributed by atoms with Gasteiger partial charge < -0.3 is 23.9 Å². The summed E-state index contributed by atoms with van der Waals surface area (Å²) in [7, 11) is 0.486. The van der Waals surface area contributed by atoms with Crippen molar-refractivity contribution in [1.29, 1.82) is 0 Å². The van der Waals surface area contributed by atoms with Crippen LogP contribution >= 0.6 is 0 Å². The normalized spacial score (nSPS) is 11.5. The van der Waals surface area contributed by atoms with Crippen LogP contribution in [0.15, 0.2) is 28.9 Å². The van der Waals surface area contributed by atoms with Gasteiger partial charge in [-0.2, -0.15) is 0 Å². The van der Waals surface area contributed by atoms with Gasteiger partial charge in [0, 0.05) is 38.2 Å². The van der Waals surface area contributed by atoms with Crippen LogP contribution in [0.5, 0.6) is 5.75 Å². The molecule has 1 amide bonds. The van der Waals surface area contributed by atoms with Gasteiger partial charge in [-0.25, -0.2) is 4.79 Å². The third-order valence-corrected chi connectivity index (χ3v) is 5.26. The van der Waals surface area contributed by atoms with Crippen LogP contribution < -0.4 is 10.1 Å². The lowest BCUT2D eigenvalue weighted by atomic mass is 10.2. The first kappa shape index (κ1) is 18.3. The maximum absolute atomic E-state index is 11.7. The zero-order valence-corrected chi connectivity index (χ0v) is 15.7. The molecule has 0 saturated heterocycles. The summed E-state index contributed by atoms with van der Waals surface area (Å²) in [6, 6.07) is 6.61. The fourth-order valence-electron chi connectivity index (χ4n) is 2.08. The van der Waals surface area contributed by atoms with Gasteiger partial charge in [0.25, 0.3) is 0 Å². The molecule has 0 aliphatic heterocycles. The Kier molecular flexibility index (Phi) is 6.27. The van der Waals surface area contributed by atoms with Gasteiger partial charge in [0.2, 0.25) is 0 Å². The standard InChI is InChI=1S/C17H25NO5Si/c1-20-14-5-6-15-13(11-22-16(15)9-14)10-18-17(19)23-12-21-7-8-24(2,3)4/h5-6,9,11H,7-8,10,12H2,1-4H3,(H,18,19). The summed E-state index contributed by atoms with van der Waals surface area (Å²) in [6.45, 7) is 7.74. The van der Waals surface area contributed by atoms with E-state index in [4.69, 9.17) is 18.6 Å². The predicted molar refractivity (Wildman–Crippen MR) is 95.1 cm³/mol. The Bertz CT molecular complexity index is 677. The van der Waals surface area contributed by atoms with E-state index in [1.807, 2.05) is 18.2 Å². The maximum atomic E-state index is 11.7. The van der Waals surface area contributed by atoms with Crippen molar-refractivity contribution < 1.29 is 23.4 Å². The highest BCUT2D eigenvalue weighted by molar-refractivity contribution is 6.76. The quantitative estimate of drug-likeness (QED) is 0.442. The topological polar surface area (TPSA) is 69.9 Å². The number of benzene rings is 1. The molecule has 0 spiro atoms. The van der Waals surface area contributed by atoms with E-state index >= 15 is 0 Å². The number of nitrogens with one attached hydrogen (secondary N) is 1. The Hall–Kier alpha value is -1.99. The summed E-state index contributed by atoms with van der Waals surface area (Å²) in [6.07, 6.45) is 1.11. The minimum atomic E-state index is -1.12. The summed E-state index contributed by atoms with van der Waals surface area (Å²) >= 11 is 0. The summed E-state index contributed by atoms with van der Waals surface area (Å²) in [5, 5.41) is 3.62. The van der Waals surface area contributed by atoms with Gasteiger partial charge in [0.15, 0.2) is 6.79 Å². The smallest absolute Gasteiger partial charge is 0.409 e. The number of carbonyl (C=O) groups is 1. The average Bonchev–Trinajstić information content (AvgIpc) is 2.93. The van der Waals surface area contributed by atoms with E-state index in [2.05, 4.69) is 25.0 Å². The Morgan fingerprint density at radius 3 is 2.79 bits per heavy atom. The maximum Gasteiger partial charge on any atom is 0.409 e. The lowest BCUT2D eigenvalue weighted by molar-refractivity contribution is -0.00998. The van der Waals surface area contributed by atoms with E-state index in [0.717, 1.165) is 22.7 Å². The lowest BCUT2D eigenvalue weighted by Gasteiger charge is -2.15. The molecule has 24 heavy (non-hydrogen) atoms. The number of carbonyl (C=O) groups excluding carboxylic acids is 1. The van der Waals surface area contributed by atoms with E-state index in [0.29, 0.717) is 18.7 Å². The monoisotopic (exact) mass is 351 g/mol. The van der Waals surface area contributed by atoms with Crippen LogP contribution in [0.4, 0.5) is 4.79 Å². The number of hydrogen-bond donors (Lipinski definition) is 1. The van der Waals surface area contributed by atoms with Crippen LogP contribution in [0.3, 0.4) is 0 Å². The molecule has 0 bridgehead atoms. The van der Waals surface area contributed by atoms with E-state index in [9.17, 15) is 4.79 Å². The fourth-order valence-corrected chi connectivity index (χ4v) is 2.84. The first-order valence-corrected chi connectivity index (χ1v) is 11.6. The van der Waals surface area contributed by atoms with Crippen molar-refractivity contribution in [1.82, 2.24) is 5.32 Å². The van der Waals surface area contributed by atoms with Crippen molar-refractivity contribution in [3.8, 4) is 5.75 Å². The van der Waals surface area contributed by atoms with Crippen molar-refractivity contribution >= 4 is 25.1 Å². The van der Waals surface area contributed by atoms with Crippen LogP contribution in [0, 0.1) is 0 Å². The zero-order valence-electron chi connectivity index (χ0n) is 14.7. The second-order valence-electron chi connectivity index (χ2n) is 6.75. The molecule has 1 heterocycles. The fraction of sp³-hybridized carbons (Fsp3) is 0.471. The number of ether oxygens (including phenoxy) is 3. The zero-order chi connectivity index (χ0) is 17.6. The summed E-state index contributed by atoms with van der Waals surface area (Å²) in [4.78, 5) is 11.7. The van der Waals surface area contributed by atoms with Crippen LogP contribution in [-0.2, 0) is 16.0 Å². The second kappa shape index (κ2) is 8.21. The molecule has 7 heteroatoms. The number of alkyl carbamates (subject to hydrolysis) is 1. The van der Waals surface area contributed by atoms with Gasteiger partial charge in [-0.3, -0.25) is 0 Å². The minimum absolute atomic E-state index is 0.0281. The molecule has 132 valence electrons. The molecule has 2 aromatic rings. The molecule has 0 unspecified atom stereocenters. The molecular formula is C17H25NO5Si. The number of amides is 1. The van der Waals surface area contributed by atoms with Gasteiger partial charge in [-0.1, -0.05) is 19.6 Å². The van der Waals surface area contributed by atoms with Crippen molar-refractivity contribution in [2.75, 3.05) is 20.5 Å². The number of furan rings is 1. The molecule has 0 fully saturated rings. The van der Waals surface area contributed by atoms with Crippen molar-refractivity contribution in [3.05, 3.63) is 30.0 Å². The summed E-state index contributed by atoms with van der Waals surface area (Å²) < 4.78 is 21.0. The van der Waals surface area contributed by atoms with E-state index in [1.165, 1.54) is 0 Å². The molecule has 0 saturated carbocycles. The highest BCUT2D eigenvalue weighted by Gasteiger charge is 2.12. The predicted octanol–water partition coefficient (Wildman–Crippen LogP) is 3.98. The molecule has 0 atom stereocenters. The molecule has 0 aliphatic rings. The van der Waals surface area contributed by atoms with Gasteiger partial charge in [0.1, 0.15) is 11.3 Å². The summed E-state index contributed by atoms with van der Waals surface area (Å²) in [5.74, 6) is 0.728. The minimum Gasteiger partial charge on any atom is -0.497 e. The van der Waals surface area contributed by atoms with Gasteiger partial charge in [-0.15, -0.1) is 0 Å². The molecule has 1 N–H and O–H groups in total. The van der Waals surface area contributed by atoms with Gasteiger partial charge in [0.05, 0.1) is 13.4 Å². The van der Waals surface area contributed by atoms with Crippen LogP contribution in [0.25, 0.3) is 11.0 Å². The third-order valence-electron chi connectivity index (χ3n) is 3.56. The van der Waals surface area contributed by atoms with Crippen LogP contribution in [0.2, 0.25) is 25.7 Å². The van der Waals surface area contributed by atoms with Crippen LogP contribution in [-0.4, -0.2) is 34.7 Å². The van der Waals surface area contributed by atoms with Gasteiger partial charge >= 0.3 is 6.09 Å². The van der Waals surface area contributed by atoms with Crippen molar-refractivity contribution in [2.45, 2.75) is 32.2 Å². The first-order valence-electron chi connectivity index (χ1n) is 7.91. The number of hydrogen-bond acceptors (Lipinski definition) is 5. The Morgan fingerprint density at radius 2 is 2.08 bits per heavy atom. The first-order chi connectivity index (χ1) is 11.4. The van der Waals surface area contributed by atoms with E-state index < -0.39 is 14.2 Å². The Morgan fingerprint density at radius 1 is 1.29 bits per heavy atom. The Balaban J connectivity index is 1.74. The van der Waals surface area contributed by atoms with Gasteiger partial charge in [-0.05, 0) is 18.2 Å².